The molecule has 0 spiro atoms. The van der Waals surface area contributed by atoms with E-state index in [9.17, 15) is 0 Å². The topological polar surface area (TPSA) is 60.2 Å². The third kappa shape index (κ3) is 2.54. The van der Waals surface area contributed by atoms with Crippen LogP contribution in [-0.2, 0) is 6.54 Å². The lowest BCUT2D eigenvalue weighted by molar-refractivity contribution is 0.338. The highest BCUT2D eigenvalue weighted by molar-refractivity contribution is 5.35. The Labute approximate surface area is 112 Å². The van der Waals surface area contributed by atoms with E-state index in [0.717, 1.165) is 30.0 Å². The Balaban J connectivity index is 1.63. The Morgan fingerprint density at radius 2 is 2.16 bits per heavy atom. The first-order valence-electron chi connectivity index (χ1n) is 6.56. The predicted molar refractivity (Wildman–Crippen MR) is 71.2 cm³/mol. The molecule has 100 valence electrons. The van der Waals surface area contributed by atoms with Gasteiger partial charge < -0.3 is 14.5 Å². The highest BCUT2D eigenvalue weighted by Gasteiger charge is 2.25. The molecule has 1 heterocycles. The van der Waals surface area contributed by atoms with E-state index >= 15 is 0 Å². The maximum Gasteiger partial charge on any atom is 0.315 e. The fourth-order valence-corrected chi connectivity index (χ4v) is 2.15. The van der Waals surface area contributed by atoms with Crippen molar-refractivity contribution in [3.05, 3.63) is 35.7 Å². The number of ether oxygens (including phenoxy) is 1. The van der Waals surface area contributed by atoms with E-state index in [2.05, 4.69) is 15.5 Å². The zero-order valence-electron chi connectivity index (χ0n) is 10.9. The number of methoxy groups -OCH3 is 1. The molecule has 5 nitrogen and oxygen atoms in total. The van der Waals surface area contributed by atoms with Crippen molar-refractivity contribution in [1.29, 1.82) is 0 Å². The summed E-state index contributed by atoms with van der Waals surface area (Å²) in [5, 5.41) is 11.2. The van der Waals surface area contributed by atoms with E-state index in [1.165, 1.54) is 6.42 Å². The van der Waals surface area contributed by atoms with Crippen LogP contribution in [-0.4, -0.2) is 17.3 Å². The van der Waals surface area contributed by atoms with Crippen molar-refractivity contribution in [2.45, 2.75) is 31.7 Å². The van der Waals surface area contributed by atoms with Crippen LogP contribution in [0.3, 0.4) is 0 Å². The highest BCUT2D eigenvalue weighted by atomic mass is 16.5. The lowest BCUT2D eigenvalue weighted by atomic mass is 9.85. The van der Waals surface area contributed by atoms with Crippen molar-refractivity contribution in [2.24, 2.45) is 0 Å². The third-order valence-electron chi connectivity index (χ3n) is 3.52. The molecule has 1 aliphatic carbocycles. The molecule has 1 fully saturated rings. The number of rotatable bonds is 5. The van der Waals surface area contributed by atoms with Crippen molar-refractivity contribution in [3.8, 4) is 5.75 Å². The molecular weight excluding hydrogens is 242 g/mol. The molecule has 0 saturated heterocycles. The predicted octanol–water partition coefficient (Wildman–Crippen LogP) is 2.96. The van der Waals surface area contributed by atoms with Crippen molar-refractivity contribution < 1.29 is 9.15 Å². The Hall–Kier alpha value is -2.04. The second-order valence-corrected chi connectivity index (χ2v) is 4.74. The van der Waals surface area contributed by atoms with Gasteiger partial charge in [-0.1, -0.05) is 29.7 Å². The summed E-state index contributed by atoms with van der Waals surface area (Å²) in [5.41, 5.74) is 1.06. The second-order valence-electron chi connectivity index (χ2n) is 4.74. The summed E-state index contributed by atoms with van der Waals surface area (Å²) >= 11 is 0. The van der Waals surface area contributed by atoms with Gasteiger partial charge in [0.25, 0.3) is 0 Å². The highest BCUT2D eigenvalue weighted by Crippen LogP contribution is 2.35. The van der Waals surface area contributed by atoms with Gasteiger partial charge in [0, 0.05) is 18.0 Å². The van der Waals surface area contributed by atoms with Crippen LogP contribution in [0.5, 0.6) is 5.75 Å². The summed E-state index contributed by atoms with van der Waals surface area (Å²) in [6.07, 6.45) is 3.58. The fraction of sp³-hybridized carbons (Fsp3) is 0.429. The van der Waals surface area contributed by atoms with Crippen molar-refractivity contribution in [1.82, 2.24) is 10.2 Å². The van der Waals surface area contributed by atoms with Gasteiger partial charge >= 0.3 is 6.01 Å². The molecule has 0 atom stereocenters. The normalized spacial score (nSPS) is 15.0. The lowest BCUT2D eigenvalue weighted by Gasteiger charge is -2.20. The van der Waals surface area contributed by atoms with E-state index in [-0.39, 0.29) is 0 Å². The number of anilines is 1. The van der Waals surface area contributed by atoms with E-state index in [0.29, 0.717) is 18.5 Å². The summed E-state index contributed by atoms with van der Waals surface area (Å²) in [6.45, 7) is 0.607. The molecule has 5 heteroatoms. The number of para-hydroxylation sites is 1. The van der Waals surface area contributed by atoms with Gasteiger partial charge in [-0.3, -0.25) is 0 Å². The molecule has 0 aliphatic heterocycles. The van der Waals surface area contributed by atoms with Crippen LogP contribution in [0, 0.1) is 0 Å². The van der Waals surface area contributed by atoms with Crippen molar-refractivity contribution in [3.63, 3.8) is 0 Å². The molecule has 0 unspecified atom stereocenters. The molecule has 0 bridgehead atoms. The summed E-state index contributed by atoms with van der Waals surface area (Å²) in [7, 11) is 1.67. The molecule has 2 aromatic rings. The van der Waals surface area contributed by atoms with E-state index < -0.39 is 0 Å². The van der Waals surface area contributed by atoms with E-state index in [1.54, 1.807) is 7.11 Å². The zero-order chi connectivity index (χ0) is 13.1. The monoisotopic (exact) mass is 259 g/mol. The number of nitrogens with zero attached hydrogens (tertiary/aromatic N) is 2. The standard InChI is InChI=1S/C14H17N3O2/c1-18-12-8-3-2-5-11(12)9-15-14-17-16-13(19-14)10-6-4-7-10/h2-3,5,8,10H,4,6-7,9H2,1H3,(H,15,17). The quantitative estimate of drug-likeness (QED) is 0.894. The van der Waals surface area contributed by atoms with Gasteiger partial charge in [0.2, 0.25) is 5.89 Å². The van der Waals surface area contributed by atoms with Crippen molar-refractivity contribution in [2.75, 3.05) is 12.4 Å². The van der Waals surface area contributed by atoms with Crippen LogP contribution >= 0.6 is 0 Å². The molecule has 0 radical (unpaired) electrons. The Bertz CT molecular complexity index is 549. The number of benzene rings is 1. The van der Waals surface area contributed by atoms with Gasteiger partial charge in [-0.05, 0) is 18.9 Å². The largest absolute Gasteiger partial charge is 0.496 e. The van der Waals surface area contributed by atoms with Gasteiger partial charge in [-0.2, -0.15) is 0 Å². The first-order chi connectivity index (χ1) is 9.36. The minimum atomic E-state index is 0.467. The third-order valence-corrected chi connectivity index (χ3v) is 3.52. The summed E-state index contributed by atoms with van der Waals surface area (Å²) in [4.78, 5) is 0. The van der Waals surface area contributed by atoms with Crippen LogP contribution in [0.4, 0.5) is 6.01 Å². The van der Waals surface area contributed by atoms with Gasteiger partial charge in [0.15, 0.2) is 0 Å². The van der Waals surface area contributed by atoms with Gasteiger partial charge in [-0.25, -0.2) is 0 Å². The van der Waals surface area contributed by atoms with E-state index in [4.69, 9.17) is 9.15 Å². The first kappa shape index (κ1) is 12.0. The molecule has 1 N–H and O–H groups in total. The molecular formula is C14H17N3O2. The summed E-state index contributed by atoms with van der Waals surface area (Å²) in [6, 6.07) is 8.35. The minimum absolute atomic E-state index is 0.467. The average Bonchev–Trinajstić information content (AvgIpc) is 2.83. The maximum atomic E-state index is 5.61. The molecule has 3 rings (SSSR count). The molecule has 1 aliphatic rings. The minimum Gasteiger partial charge on any atom is -0.496 e. The fourth-order valence-electron chi connectivity index (χ4n) is 2.15. The average molecular weight is 259 g/mol. The first-order valence-corrected chi connectivity index (χ1v) is 6.56. The number of aromatic nitrogens is 2. The van der Waals surface area contributed by atoms with Crippen LogP contribution in [0.15, 0.2) is 28.7 Å². The summed E-state index contributed by atoms with van der Waals surface area (Å²) < 4.78 is 10.9. The van der Waals surface area contributed by atoms with Crippen LogP contribution in [0.2, 0.25) is 0 Å². The van der Waals surface area contributed by atoms with Gasteiger partial charge in [-0.15, -0.1) is 5.10 Å². The Morgan fingerprint density at radius 3 is 2.89 bits per heavy atom. The second kappa shape index (κ2) is 5.30. The number of hydrogen-bond donors (Lipinski definition) is 1. The maximum absolute atomic E-state index is 5.61. The summed E-state index contributed by atoms with van der Waals surface area (Å²) in [5.74, 6) is 2.08. The van der Waals surface area contributed by atoms with Gasteiger partial charge in [0.05, 0.1) is 7.11 Å². The molecule has 1 saturated carbocycles. The Kier molecular flexibility index (Phi) is 3.35. The van der Waals surface area contributed by atoms with Crippen LogP contribution in [0.25, 0.3) is 0 Å². The van der Waals surface area contributed by atoms with Gasteiger partial charge in [0.1, 0.15) is 5.75 Å². The Morgan fingerprint density at radius 1 is 1.32 bits per heavy atom. The van der Waals surface area contributed by atoms with Crippen LogP contribution < -0.4 is 10.1 Å². The molecule has 1 aromatic heterocycles. The smallest absolute Gasteiger partial charge is 0.315 e. The number of hydrogen-bond acceptors (Lipinski definition) is 5. The SMILES string of the molecule is COc1ccccc1CNc1nnc(C2CCC2)o1. The van der Waals surface area contributed by atoms with E-state index in [1.807, 2.05) is 24.3 Å². The van der Waals surface area contributed by atoms with Crippen LogP contribution in [0.1, 0.15) is 36.6 Å². The molecule has 19 heavy (non-hydrogen) atoms. The van der Waals surface area contributed by atoms with Crippen molar-refractivity contribution >= 4 is 6.01 Å². The molecule has 0 amide bonds. The zero-order valence-corrected chi connectivity index (χ0v) is 10.9. The number of nitrogens with one attached hydrogen (secondary N) is 1. The lowest BCUT2D eigenvalue weighted by Crippen LogP contribution is -2.08. The molecule has 1 aromatic carbocycles.